The summed E-state index contributed by atoms with van der Waals surface area (Å²) in [4.78, 5) is 29.0. The Balaban J connectivity index is 1.64. The molecule has 2 atom stereocenters. The number of nitrogens with zero attached hydrogens (tertiary/aromatic N) is 1. The molecule has 5 heteroatoms. The van der Waals surface area contributed by atoms with Gasteiger partial charge in [-0.25, -0.2) is 4.79 Å². The van der Waals surface area contributed by atoms with Crippen LogP contribution >= 0.6 is 0 Å². The number of hydrogen-bond acceptors (Lipinski definition) is 4. The zero-order valence-electron chi connectivity index (χ0n) is 14.7. The molecule has 0 aliphatic heterocycles. The van der Waals surface area contributed by atoms with Gasteiger partial charge in [0.05, 0.1) is 11.1 Å². The SMILES string of the molecule is Cc1cc(C(=O)OCC(=O)N[C@@H]2CCCC[C@H]2C)c2ccccc2n1. The summed E-state index contributed by atoms with van der Waals surface area (Å²) in [6, 6.07) is 9.31. The van der Waals surface area contributed by atoms with Crippen LogP contribution < -0.4 is 5.32 Å². The average molecular weight is 340 g/mol. The molecular formula is C20H24N2O3. The van der Waals surface area contributed by atoms with Gasteiger partial charge in [-0.3, -0.25) is 9.78 Å². The van der Waals surface area contributed by atoms with E-state index in [1.807, 2.05) is 31.2 Å². The third kappa shape index (κ3) is 4.16. The number of para-hydroxylation sites is 1. The molecule has 0 radical (unpaired) electrons. The van der Waals surface area contributed by atoms with Gasteiger partial charge in [0.1, 0.15) is 0 Å². The third-order valence-electron chi connectivity index (χ3n) is 4.86. The first kappa shape index (κ1) is 17.4. The topological polar surface area (TPSA) is 68.3 Å². The van der Waals surface area contributed by atoms with Gasteiger partial charge in [0.15, 0.2) is 6.61 Å². The van der Waals surface area contributed by atoms with E-state index in [0.717, 1.165) is 35.9 Å². The largest absolute Gasteiger partial charge is 0.452 e. The van der Waals surface area contributed by atoms with E-state index in [-0.39, 0.29) is 18.6 Å². The molecule has 0 saturated heterocycles. The quantitative estimate of drug-likeness (QED) is 0.866. The Labute approximate surface area is 147 Å². The first-order valence-electron chi connectivity index (χ1n) is 8.87. The van der Waals surface area contributed by atoms with Crippen LogP contribution in [-0.4, -0.2) is 29.5 Å². The van der Waals surface area contributed by atoms with E-state index in [4.69, 9.17) is 4.74 Å². The number of carbonyl (C=O) groups excluding carboxylic acids is 2. The van der Waals surface area contributed by atoms with Gasteiger partial charge in [0.2, 0.25) is 0 Å². The van der Waals surface area contributed by atoms with Crippen LogP contribution in [0.2, 0.25) is 0 Å². The molecule has 1 aromatic heterocycles. The summed E-state index contributed by atoms with van der Waals surface area (Å²) in [5.41, 5.74) is 1.93. The van der Waals surface area contributed by atoms with Gasteiger partial charge in [-0.1, -0.05) is 38.0 Å². The van der Waals surface area contributed by atoms with Crippen LogP contribution in [0.5, 0.6) is 0 Å². The molecule has 1 saturated carbocycles. The minimum Gasteiger partial charge on any atom is -0.452 e. The second-order valence-electron chi connectivity index (χ2n) is 6.84. The predicted octanol–water partition coefficient (Wildman–Crippen LogP) is 3.39. The fourth-order valence-corrected chi connectivity index (χ4v) is 3.46. The number of aromatic nitrogens is 1. The normalized spacial score (nSPS) is 20.2. The summed E-state index contributed by atoms with van der Waals surface area (Å²) in [7, 11) is 0. The monoisotopic (exact) mass is 340 g/mol. The Hall–Kier alpha value is -2.43. The first-order valence-corrected chi connectivity index (χ1v) is 8.87. The number of hydrogen-bond donors (Lipinski definition) is 1. The number of fused-ring (bicyclic) bond motifs is 1. The molecule has 25 heavy (non-hydrogen) atoms. The Morgan fingerprint density at radius 1 is 1.24 bits per heavy atom. The number of nitrogens with one attached hydrogen (secondary N) is 1. The maximum absolute atomic E-state index is 12.4. The van der Waals surface area contributed by atoms with Crippen LogP contribution in [0.25, 0.3) is 10.9 Å². The van der Waals surface area contributed by atoms with Crippen molar-refractivity contribution >= 4 is 22.8 Å². The van der Waals surface area contributed by atoms with Crippen molar-refractivity contribution in [2.75, 3.05) is 6.61 Å². The molecule has 1 aliphatic rings. The Morgan fingerprint density at radius 2 is 2.00 bits per heavy atom. The van der Waals surface area contributed by atoms with Crippen molar-refractivity contribution in [1.29, 1.82) is 0 Å². The van der Waals surface area contributed by atoms with E-state index < -0.39 is 5.97 Å². The summed E-state index contributed by atoms with van der Waals surface area (Å²) < 4.78 is 5.25. The highest BCUT2D eigenvalue weighted by Crippen LogP contribution is 2.23. The zero-order chi connectivity index (χ0) is 17.8. The van der Waals surface area contributed by atoms with Crippen LogP contribution in [0.4, 0.5) is 0 Å². The molecule has 3 rings (SSSR count). The highest BCUT2D eigenvalue weighted by molar-refractivity contribution is 6.04. The summed E-state index contributed by atoms with van der Waals surface area (Å²) in [5.74, 6) is -0.254. The highest BCUT2D eigenvalue weighted by atomic mass is 16.5. The molecule has 132 valence electrons. The minimum absolute atomic E-state index is 0.184. The lowest BCUT2D eigenvalue weighted by Gasteiger charge is -2.29. The van der Waals surface area contributed by atoms with Crippen LogP contribution in [0.1, 0.15) is 48.7 Å². The molecule has 2 aromatic rings. The van der Waals surface area contributed by atoms with E-state index in [0.29, 0.717) is 11.5 Å². The number of esters is 1. The molecule has 1 amide bonds. The molecule has 1 heterocycles. The summed E-state index contributed by atoms with van der Waals surface area (Å²) in [6.07, 6.45) is 4.48. The minimum atomic E-state index is -0.492. The maximum Gasteiger partial charge on any atom is 0.339 e. The van der Waals surface area contributed by atoms with Gasteiger partial charge in [-0.05, 0) is 37.8 Å². The zero-order valence-corrected chi connectivity index (χ0v) is 14.7. The van der Waals surface area contributed by atoms with Crippen molar-refractivity contribution in [3.8, 4) is 0 Å². The predicted molar refractivity (Wildman–Crippen MR) is 96.3 cm³/mol. The summed E-state index contributed by atoms with van der Waals surface area (Å²) in [6.45, 7) is 3.74. The third-order valence-corrected chi connectivity index (χ3v) is 4.86. The number of pyridine rings is 1. The lowest BCUT2D eigenvalue weighted by atomic mass is 9.86. The maximum atomic E-state index is 12.4. The molecule has 1 fully saturated rings. The molecule has 0 spiro atoms. The summed E-state index contributed by atoms with van der Waals surface area (Å²) >= 11 is 0. The van der Waals surface area contributed by atoms with Crippen LogP contribution in [0.3, 0.4) is 0 Å². The van der Waals surface area contributed by atoms with Crippen molar-refractivity contribution in [3.63, 3.8) is 0 Å². The second kappa shape index (κ2) is 7.64. The fourth-order valence-electron chi connectivity index (χ4n) is 3.46. The van der Waals surface area contributed by atoms with Gasteiger partial charge in [0.25, 0.3) is 5.91 Å². The van der Waals surface area contributed by atoms with Crippen molar-refractivity contribution in [3.05, 3.63) is 41.6 Å². The lowest BCUT2D eigenvalue weighted by Crippen LogP contribution is -2.42. The van der Waals surface area contributed by atoms with E-state index in [1.54, 1.807) is 6.07 Å². The summed E-state index contributed by atoms with van der Waals surface area (Å²) in [5, 5.41) is 3.73. The fraction of sp³-hybridized carbons (Fsp3) is 0.450. The Bertz CT molecular complexity index is 788. The van der Waals surface area contributed by atoms with Crippen LogP contribution in [-0.2, 0) is 9.53 Å². The van der Waals surface area contributed by atoms with Gasteiger partial charge in [-0.15, -0.1) is 0 Å². The molecule has 0 bridgehead atoms. The van der Waals surface area contributed by atoms with Crippen molar-refractivity contribution in [1.82, 2.24) is 10.3 Å². The number of benzene rings is 1. The Kier molecular flexibility index (Phi) is 5.31. The van der Waals surface area contributed by atoms with Crippen molar-refractivity contribution < 1.29 is 14.3 Å². The van der Waals surface area contributed by atoms with Crippen LogP contribution in [0.15, 0.2) is 30.3 Å². The number of rotatable bonds is 4. The number of ether oxygens (including phenoxy) is 1. The first-order chi connectivity index (χ1) is 12.0. The van der Waals surface area contributed by atoms with E-state index in [2.05, 4.69) is 17.2 Å². The lowest BCUT2D eigenvalue weighted by molar-refractivity contribution is -0.125. The van der Waals surface area contributed by atoms with Gasteiger partial charge in [0, 0.05) is 17.1 Å². The highest BCUT2D eigenvalue weighted by Gasteiger charge is 2.23. The molecule has 1 aromatic carbocycles. The second-order valence-corrected chi connectivity index (χ2v) is 6.84. The van der Waals surface area contributed by atoms with Gasteiger partial charge in [-0.2, -0.15) is 0 Å². The van der Waals surface area contributed by atoms with E-state index in [9.17, 15) is 9.59 Å². The van der Waals surface area contributed by atoms with Gasteiger partial charge >= 0.3 is 5.97 Å². The molecule has 1 aliphatic carbocycles. The smallest absolute Gasteiger partial charge is 0.339 e. The molecular weight excluding hydrogens is 316 g/mol. The van der Waals surface area contributed by atoms with Crippen molar-refractivity contribution in [2.24, 2.45) is 5.92 Å². The molecule has 5 nitrogen and oxygen atoms in total. The van der Waals surface area contributed by atoms with Gasteiger partial charge < -0.3 is 10.1 Å². The number of carbonyl (C=O) groups is 2. The average Bonchev–Trinajstić information content (AvgIpc) is 2.61. The van der Waals surface area contributed by atoms with Crippen molar-refractivity contribution in [2.45, 2.75) is 45.6 Å². The molecule has 0 unspecified atom stereocenters. The standard InChI is InChI=1S/C20H24N2O3/c1-13-7-3-5-9-17(13)22-19(23)12-25-20(24)16-11-14(2)21-18-10-6-4-8-15(16)18/h4,6,8,10-11,13,17H,3,5,7,9,12H2,1-2H3,(H,22,23)/t13-,17-/m1/s1. The Morgan fingerprint density at radius 3 is 2.80 bits per heavy atom. The van der Waals surface area contributed by atoms with E-state index in [1.165, 1.54) is 6.42 Å². The number of amides is 1. The molecule has 1 N–H and O–H groups in total. The number of aryl methyl sites for hydroxylation is 1. The van der Waals surface area contributed by atoms with Crippen LogP contribution in [0, 0.1) is 12.8 Å². The van der Waals surface area contributed by atoms with E-state index >= 15 is 0 Å².